The molecule has 2 aliphatic rings. The van der Waals surface area contributed by atoms with Crippen LogP contribution in [-0.4, -0.2) is 58.5 Å². The topological polar surface area (TPSA) is 79.0 Å². The Bertz CT molecular complexity index is 1070. The molecule has 0 saturated carbocycles. The van der Waals surface area contributed by atoms with Gasteiger partial charge >= 0.3 is 0 Å². The minimum absolute atomic E-state index is 0.0258. The highest BCUT2D eigenvalue weighted by molar-refractivity contribution is 7.89. The Hall–Kier alpha value is -2.65. The summed E-state index contributed by atoms with van der Waals surface area (Å²) >= 11 is 0. The lowest BCUT2D eigenvalue weighted by molar-refractivity contribution is 0.0948. The smallest absolute Gasteiger partial charge is 0.251 e. The first-order valence-corrected chi connectivity index (χ1v) is 12.3. The van der Waals surface area contributed by atoms with Crippen LogP contribution in [0.5, 0.6) is 5.75 Å². The monoisotopic (exact) mass is 461 g/mol. The molecular weight excluding hydrogens is 433 g/mol. The number of amides is 1. The first-order chi connectivity index (χ1) is 15.4. The molecule has 2 aliphatic heterocycles. The molecule has 2 fully saturated rings. The molecule has 1 unspecified atom stereocenters. The number of methoxy groups -OCH3 is 1. The van der Waals surface area contributed by atoms with Gasteiger partial charge in [-0.25, -0.2) is 12.8 Å². The SMILES string of the molecule is COc1ccc(C(=O)NCC2CCN(c3ccc(F)cc3)C2)cc1S(=O)(=O)N1CCCC1. The summed E-state index contributed by atoms with van der Waals surface area (Å²) in [4.78, 5) is 15.0. The highest BCUT2D eigenvalue weighted by atomic mass is 32.2. The van der Waals surface area contributed by atoms with E-state index in [9.17, 15) is 17.6 Å². The first-order valence-electron chi connectivity index (χ1n) is 10.9. The molecule has 7 nitrogen and oxygen atoms in total. The normalized spacial score (nSPS) is 19.3. The zero-order valence-electron chi connectivity index (χ0n) is 18.1. The van der Waals surface area contributed by atoms with Gasteiger partial charge < -0.3 is 15.0 Å². The van der Waals surface area contributed by atoms with Gasteiger partial charge in [0.15, 0.2) is 0 Å². The Balaban J connectivity index is 1.41. The molecule has 2 heterocycles. The lowest BCUT2D eigenvalue weighted by Crippen LogP contribution is -2.31. The average molecular weight is 462 g/mol. The lowest BCUT2D eigenvalue weighted by atomic mass is 10.1. The van der Waals surface area contributed by atoms with Gasteiger partial charge in [0.2, 0.25) is 10.0 Å². The van der Waals surface area contributed by atoms with Crippen molar-refractivity contribution in [3.05, 3.63) is 53.8 Å². The quantitative estimate of drug-likeness (QED) is 0.686. The van der Waals surface area contributed by atoms with Crippen LogP contribution >= 0.6 is 0 Å². The van der Waals surface area contributed by atoms with Gasteiger partial charge in [-0.05, 0) is 67.6 Å². The van der Waals surface area contributed by atoms with E-state index >= 15 is 0 Å². The number of ether oxygens (including phenoxy) is 1. The molecule has 0 bridgehead atoms. The highest BCUT2D eigenvalue weighted by Gasteiger charge is 2.31. The fraction of sp³-hybridized carbons (Fsp3) is 0.435. The minimum Gasteiger partial charge on any atom is -0.495 e. The van der Waals surface area contributed by atoms with Crippen LogP contribution in [-0.2, 0) is 10.0 Å². The van der Waals surface area contributed by atoms with Crippen molar-refractivity contribution in [3.8, 4) is 5.75 Å². The van der Waals surface area contributed by atoms with E-state index in [-0.39, 0.29) is 33.9 Å². The summed E-state index contributed by atoms with van der Waals surface area (Å²) in [5.41, 5.74) is 1.25. The van der Waals surface area contributed by atoms with Crippen LogP contribution < -0.4 is 15.0 Å². The van der Waals surface area contributed by atoms with Crippen molar-refractivity contribution in [2.45, 2.75) is 24.2 Å². The van der Waals surface area contributed by atoms with Gasteiger partial charge in [-0.1, -0.05) is 0 Å². The molecule has 1 N–H and O–H groups in total. The molecule has 0 spiro atoms. The number of nitrogens with one attached hydrogen (secondary N) is 1. The highest BCUT2D eigenvalue weighted by Crippen LogP contribution is 2.30. The molecule has 0 aliphatic carbocycles. The summed E-state index contributed by atoms with van der Waals surface area (Å²) in [5, 5.41) is 2.93. The number of carbonyl (C=O) groups is 1. The van der Waals surface area contributed by atoms with E-state index in [0.29, 0.717) is 19.6 Å². The molecule has 9 heteroatoms. The molecule has 0 aromatic heterocycles. The number of nitrogens with zero attached hydrogens (tertiary/aromatic N) is 2. The van der Waals surface area contributed by atoms with E-state index in [1.165, 1.54) is 35.7 Å². The maximum Gasteiger partial charge on any atom is 0.251 e. The number of sulfonamides is 1. The van der Waals surface area contributed by atoms with Crippen LogP contribution in [0.25, 0.3) is 0 Å². The molecule has 32 heavy (non-hydrogen) atoms. The van der Waals surface area contributed by atoms with Crippen molar-refractivity contribution in [2.24, 2.45) is 5.92 Å². The third-order valence-electron chi connectivity index (χ3n) is 6.14. The molecule has 1 amide bonds. The van der Waals surface area contributed by atoms with E-state index in [2.05, 4.69) is 10.2 Å². The van der Waals surface area contributed by atoms with Crippen molar-refractivity contribution < 1.29 is 22.3 Å². The van der Waals surface area contributed by atoms with Gasteiger partial charge in [-0.2, -0.15) is 4.31 Å². The maximum atomic E-state index is 13.1. The van der Waals surface area contributed by atoms with Crippen molar-refractivity contribution in [1.29, 1.82) is 0 Å². The van der Waals surface area contributed by atoms with Crippen LogP contribution in [0.4, 0.5) is 10.1 Å². The van der Waals surface area contributed by atoms with Crippen molar-refractivity contribution in [2.75, 3.05) is 44.7 Å². The Labute approximate surface area is 188 Å². The molecule has 4 rings (SSSR count). The van der Waals surface area contributed by atoms with Gasteiger partial charge in [0.1, 0.15) is 16.5 Å². The van der Waals surface area contributed by atoms with Gasteiger partial charge in [-0.15, -0.1) is 0 Å². The Kier molecular flexibility index (Phi) is 6.66. The summed E-state index contributed by atoms with van der Waals surface area (Å²) in [6.45, 7) is 3.05. The van der Waals surface area contributed by atoms with E-state index in [4.69, 9.17) is 4.74 Å². The molecule has 0 radical (unpaired) electrons. The Morgan fingerprint density at radius 3 is 2.53 bits per heavy atom. The summed E-state index contributed by atoms with van der Waals surface area (Å²) < 4.78 is 45.9. The predicted molar refractivity (Wildman–Crippen MR) is 120 cm³/mol. The summed E-state index contributed by atoms with van der Waals surface area (Å²) in [7, 11) is -2.29. The second kappa shape index (κ2) is 9.46. The average Bonchev–Trinajstić information content (AvgIpc) is 3.50. The second-order valence-corrected chi connectivity index (χ2v) is 10.2. The number of hydrogen-bond acceptors (Lipinski definition) is 5. The third kappa shape index (κ3) is 4.73. The molecule has 2 saturated heterocycles. The largest absolute Gasteiger partial charge is 0.495 e. The van der Waals surface area contributed by atoms with Crippen molar-refractivity contribution in [3.63, 3.8) is 0 Å². The number of carbonyl (C=O) groups excluding carboxylic acids is 1. The van der Waals surface area contributed by atoms with Crippen LogP contribution in [0.2, 0.25) is 0 Å². The van der Waals surface area contributed by atoms with Gasteiger partial charge in [0, 0.05) is 44.0 Å². The fourth-order valence-corrected chi connectivity index (χ4v) is 6.01. The van der Waals surface area contributed by atoms with Gasteiger partial charge in [-0.3, -0.25) is 4.79 Å². The number of rotatable bonds is 7. The molecule has 172 valence electrons. The Morgan fingerprint density at radius 1 is 1.12 bits per heavy atom. The maximum absolute atomic E-state index is 13.1. The van der Waals surface area contributed by atoms with Crippen LogP contribution in [0.15, 0.2) is 47.4 Å². The van der Waals surface area contributed by atoms with Crippen molar-refractivity contribution >= 4 is 21.6 Å². The van der Waals surface area contributed by atoms with Gasteiger partial charge in [0.25, 0.3) is 5.91 Å². The standard InChI is InChI=1S/C23H28FN3O4S/c1-31-21-9-4-18(14-22(21)32(29,30)27-11-2-3-12-27)23(28)25-15-17-10-13-26(16-17)20-7-5-19(24)6-8-20/h4-9,14,17H,2-3,10-13,15-16H2,1H3,(H,25,28). The third-order valence-corrected chi connectivity index (χ3v) is 8.06. The lowest BCUT2D eigenvalue weighted by Gasteiger charge is -2.19. The molecule has 2 aromatic rings. The molecule has 1 atom stereocenters. The first kappa shape index (κ1) is 22.5. The number of benzene rings is 2. The molecular formula is C23H28FN3O4S. The Morgan fingerprint density at radius 2 is 1.84 bits per heavy atom. The summed E-state index contributed by atoms with van der Waals surface area (Å²) in [6.07, 6.45) is 2.57. The zero-order valence-corrected chi connectivity index (χ0v) is 18.9. The summed E-state index contributed by atoms with van der Waals surface area (Å²) in [6, 6.07) is 10.9. The number of hydrogen-bond donors (Lipinski definition) is 1. The second-order valence-electron chi connectivity index (χ2n) is 8.26. The van der Waals surface area contributed by atoms with Crippen molar-refractivity contribution in [1.82, 2.24) is 9.62 Å². The van der Waals surface area contributed by atoms with E-state index < -0.39 is 10.0 Å². The predicted octanol–water partition coefficient (Wildman–Crippen LogP) is 2.88. The zero-order chi connectivity index (χ0) is 22.7. The minimum atomic E-state index is -3.71. The van der Waals surface area contributed by atoms with Gasteiger partial charge in [0.05, 0.1) is 7.11 Å². The summed E-state index contributed by atoms with van der Waals surface area (Å²) in [5.74, 6) is -0.0811. The van der Waals surface area contributed by atoms with Crippen LogP contribution in [0.3, 0.4) is 0 Å². The number of anilines is 1. The van der Waals surface area contributed by atoms with E-state index in [1.807, 2.05) is 0 Å². The number of halogens is 1. The van der Waals surface area contributed by atoms with Crippen LogP contribution in [0, 0.1) is 11.7 Å². The van der Waals surface area contributed by atoms with E-state index in [1.54, 1.807) is 18.2 Å². The van der Waals surface area contributed by atoms with E-state index in [0.717, 1.165) is 38.0 Å². The fourth-order valence-electron chi connectivity index (χ4n) is 4.31. The molecule has 2 aromatic carbocycles. The van der Waals surface area contributed by atoms with Crippen LogP contribution in [0.1, 0.15) is 29.6 Å².